The van der Waals surface area contributed by atoms with Gasteiger partial charge in [0, 0.05) is 5.56 Å². The van der Waals surface area contributed by atoms with Gasteiger partial charge in [0.2, 0.25) is 0 Å². The Labute approximate surface area is 151 Å². The van der Waals surface area contributed by atoms with Crippen molar-refractivity contribution in [3.05, 3.63) is 53.6 Å². The van der Waals surface area contributed by atoms with Crippen LogP contribution in [0.25, 0.3) is 10.2 Å². The van der Waals surface area contributed by atoms with Gasteiger partial charge in [0.1, 0.15) is 0 Å². The molecule has 128 valence electrons. The van der Waals surface area contributed by atoms with Crippen LogP contribution in [0.1, 0.15) is 15.9 Å². The highest BCUT2D eigenvalue weighted by Crippen LogP contribution is 2.29. The third-order valence-corrected chi connectivity index (χ3v) is 4.16. The molecule has 0 aliphatic heterocycles. The van der Waals surface area contributed by atoms with Crippen LogP contribution in [-0.2, 0) is 0 Å². The number of anilines is 1. The maximum atomic E-state index is 12.3. The summed E-state index contributed by atoms with van der Waals surface area (Å²) >= 11 is 1.25. The molecule has 3 rings (SSSR count). The van der Waals surface area contributed by atoms with Crippen LogP contribution in [0.4, 0.5) is 15.6 Å². The Morgan fingerprint density at radius 2 is 2.08 bits per heavy atom. The maximum absolute atomic E-state index is 12.3. The van der Waals surface area contributed by atoms with E-state index in [0.717, 1.165) is 4.70 Å². The lowest BCUT2D eigenvalue weighted by atomic mass is 10.1. The van der Waals surface area contributed by atoms with Crippen molar-refractivity contribution in [2.75, 3.05) is 5.32 Å². The molecule has 0 fully saturated rings. The Hall–Kier alpha value is -3.68. The molecule has 1 heterocycles. The number of hydrogen-bond donors (Lipinski definition) is 3. The number of nitriles is 1. The Bertz CT molecular complexity index is 1070. The highest BCUT2D eigenvalue weighted by Gasteiger charge is 2.11. The molecular weight excluding hydrogens is 354 g/mol. The number of nitrogens with one attached hydrogen (secondary N) is 2. The number of thiazole rings is 1. The van der Waals surface area contributed by atoms with Gasteiger partial charge < -0.3 is 0 Å². The monoisotopic (exact) mass is 365 g/mol. The van der Waals surface area contributed by atoms with Crippen LogP contribution in [0.3, 0.4) is 0 Å². The van der Waals surface area contributed by atoms with Crippen molar-refractivity contribution >= 4 is 44.3 Å². The number of benzene rings is 2. The normalized spacial score (nSPS) is 10.6. The van der Waals surface area contributed by atoms with E-state index < -0.39 is 6.03 Å². The molecule has 0 saturated carbocycles. The van der Waals surface area contributed by atoms with Crippen LogP contribution < -0.4 is 16.6 Å². The van der Waals surface area contributed by atoms with Gasteiger partial charge in [0.15, 0.2) is 5.13 Å². The zero-order chi connectivity index (χ0) is 18.5. The highest BCUT2D eigenvalue weighted by molar-refractivity contribution is 7.22. The van der Waals surface area contributed by atoms with Crippen LogP contribution in [0, 0.1) is 11.3 Å². The molecule has 0 saturated heterocycles. The molecule has 0 atom stereocenters. The van der Waals surface area contributed by atoms with Crippen molar-refractivity contribution in [1.29, 1.82) is 5.26 Å². The SMILES string of the molecule is N#Cc1cccc(C(=O)Nc2nc3ccc(N=NC(=O)NN)cc3s2)c1. The van der Waals surface area contributed by atoms with Gasteiger partial charge in [0.25, 0.3) is 5.91 Å². The summed E-state index contributed by atoms with van der Waals surface area (Å²) in [6.07, 6.45) is 0. The number of nitrogens with two attached hydrogens (primary N) is 1. The smallest absolute Gasteiger partial charge is 0.298 e. The molecule has 0 aliphatic carbocycles. The minimum absolute atomic E-state index is 0.360. The fourth-order valence-corrected chi connectivity index (χ4v) is 2.95. The van der Waals surface area contributed by atoms with Crippen LogP contribution in [0.15, 0.2) is 52.7 Å². The largest absolute Gasteiger partial charge is 0.373 e. The number of carbonyl (C=O) groups excluding carboxylic acids is 2. The first-order valence-corrected chi connectivity index (χ1v) is 8.05. The summed E-state index contributed by atoms with van der Waals surface area (Å²) in [5.74, 6) is 4.56. The van der Waals surface area contributed by atoms with Crippen molar-refractivity contribution in [1.82, 2.24) is 10.4 Å². The van der Waals surface area contributed by atoms with Gasteiger partial charge in [-0.2, -0.15) is 5.26 Å². The van der Waals surface area contributed by atoms with Gasteiger partial charge in [-0.15, -0.1) is 5.11 Å². The zero-order valence-electron chi connectivity index (χ0n) is 13.1. The predicted molar refractivity (Wildman–Crippen MR) is 96.0 cm³/mol. The fourth-order valence-electron chi connectivity index (χ4n) is 2.06. The number of hydrogen-bond acceptors (Lipinski definition) is 7. The molecule has 26 heavy (non-hydrogen) atoms. The van der Waals surface area contributed by atoms with E-state index in [2.05, 4.69) is 20.5 Å². The lowest BCUT2D eigenvalue weighted by molar-refractivity contribution is 0.102. The van der Waals surface area contributed by atoms with E-state index in [1.807, 2.05) is 11.5 Å². The first kappa shape index (κ1) is 17.2. The van der Waals surface area contributed by atoms with Crippen molar-refractivity contribution in [2.24, 2.45) is 16.1 Å². The van der Waals surface area contributed by atoms with Gasteiger partial charge in [0.05, 0.1) is 27.5 Å². The second-order valence-corrected chi connectivity index (χ2v) is 6.00. The average Bonchev–Trinajstić information content (AvgIpc) is 3.07. The van der Waals surface area contributed by atoms with E-state index in [1.165, 1.54) is 17.4 Å². The molecule has 0 aliphatic rings. The third kappa shape index (κ3) is 3.86. The topological polar surface area (TPSA) is 146 Å². The van der Waals surface area contributed by atoms with Crippen molar-refractivity contribution < 1.29 is 9.59 Å². The molecule has 0 radical (unpaired) electrons. The van der Waals surface area contributed by atoms with E-state index in [4.69, 9.17) is 11.1 Å². The molecule has 3 amide bonds. The van der Waals surface area contributed by atoms with Crippen LogP contribution in [0.2, 0.25) is 0 Å². The summed E-state index contributed by atoms with van der Waals surface area (Å²) in [7, 11) is 0. The fraction of sp³-hybridized carbons (Fsp3) is 0. The van der Waals surface area contributed by atoms with Gasteiger partial charge in [-0.1, -0.05) is 22.5 Å². The summed E-state index contributed by atoms with van der Waals surface area (Å²) in [4.78, 5) is 27.6. The van der Waals surface area contributed by atoms with Gasteiger partial charge in [-0.3, -0.25) is 15.5 Å². The second-order valence-electron chi connectivity index (χ2n) is 4.97. The Kier molecular flexibility index (Phi) is 4.93. The maximum Gasteiger partial charge on any atom is 0.373 e. The Morgan fingerprint density at radius 3 is 2.85 bits per heavy atom. The molecule has 2 aromatic carbocycles. The number of aromatic nitrogens is 1. The molecule has 9 nitrogen and oxygen atoms in total. The number of hydrazine groups is 1. The summed E-state index contributed by atoms with van der Waals surface area (Å²) in [6.45, 7) is 0. The van der Waals surface area contributed by atoms with E-state index in [1.54, 1.807) is 36.4 Å². The summed E-state index contributed by atoms with van der Waals surface area (Å²) in [6, 6.07) is 12.6. The minimum atomic E-state index is -0.762. The molecule has 4 N–H and O–H groups in total. The average molecular weight is 365 g/mol. The molecular formula is C16H11N7O2S. The van der Waals surface area contributed by atoms with E-state index in [-0.39, 0.29) is 5.91 Å². The third-order valence-electron chi connectivity index (χ3n) is 3.23. The first-order chi connectivity index (χ1) is 12.6. The Balaban J connectivity index is 1.80. The summed E-state index contributed by atoms with van der Waals surface area (Å²) in [5, 5.41) is 19.1. The standard InChI is InChI=1S/C16H11N7O2S/c17-8-9-2-1-3-10(6-9)14(24)20-16-19-12-5-4-11(7-13(12)26-16)22-23-15(25)21-18/h1-7H,18H2,(H,21,25)(H,19,20,24). The van der Waals surface area contributed by atoms with E-state index in [9.17, 15) is 9.59 Å². The molecule has 3 aromatic rings. The van der Waals surface area contributed by atoms with Crippen LogP contribution in [-0.4, -0.2) is 16.9 Å². The first-order valence-electron chi connectivity index (χ1n) is 7.23. The number of urea groups is 1. The van der Waals surface area contributed by atoms with E-state index in [0.29, 0.717) is 27.5 Å². The van der Waals surface area contributed by atoms with Gasteiger partial charge in [-0.25, -0.2) is 15.6 Å². The molecule has 0 bridgehead atoms. The molecule has 10 heteroatoms. The van der Waals surface area contributed by atoms with E-state index >= 15 is 0 Å². The van der Waals surface area contributed by atoms with Crippen molar-refractivity contribution in [3.63, 3.8) is 0 Å². The zero-order valence-corrected chi connectivity index (χ0v) is 13.9. The highest BCUT2D eigenvalue weighted by atomic mass is 32.1. The number of fused-ring (bicyclic) bond motifs is 1. The lowest BCUT2D eigenvalue weighted by Crippen LogP contribution is -2.26. The van der Waals surface area contributed by atoms with Crippen molar-refractivity contribution in [3.8, 4) is 6.07 Å². The number of nitrogens with zero attached hydrogens (tertiary/aromatic N) is 4. The molecule has 0 unspecified atom stereocenters. The number of amides is 3. The van der Waals surface area contributed by atoms with Crippen molar-refractivity contribution in [2.45, 2.75) is 0 Å². The lowest BCUT2D eigenvalue weighted by Gasteiger charge is -2.01. The Morgan fingerprint density at radius 1 is 1.23 bits per heavy atom. The molecule has 1 aromatic heterocycles. The minimum Gasteiger partial charge on any atom is -0.298 e. The number of carbonyl (C=O) groups is 2. The van der Waals surface area contributed by atoms with Gasteiger partial charge in [-0.05, 0) is 36.4 Å². The summed E-state index contributed by atoms with van der Waals surface area (Å²) in [5.41, 5.74) is 3.73. The van der Waals surface area contributed by atoms with Crippen LogP contribution >= 0.6 is 11.3 Å². The van der Waals surface area contributed by atoms with Gasteiger partial charge >= 0.3 is 6.03 Å². The quantitative estimate of drug-likeness (QED) is 0.282. The number of rotatable bonds is 3. The van der Waals surface area contributed by atoms with Crippen LogP contribution in [0.5, 0.6) is 0 Å². The molecule has 0 spiro atoms. The predicted octanol–water partition coefficient (Wildman–Crippen LogP) is 3.09. The number of azo groups is 1. The second kappa shape index (κ2) is 7.47. The summed E-state index contributed by atoms with van der Waals surface area (Å²) < 4.78 is 0.760.